The molecule has 0 N–H and O–H groups in total. The van der Waals surface area contributed by atoms with Crippen molar-refractivity contribution < 1.29 is 9.59 Å². The summed E-state index contributed by atoms with van der Waals surface area (Å²) in [7, 11) is 0. The summed E-state index contributed by atoms with van der Waals surface area (Å²) in [6.07, 6.45) is 4.40. The predicted octanol–water partition coefficient (Wildman–Crippen LogP) is 4.23. The molecule has 1 aliphatic rings. The first-order valence-corrected chi connectivity index (χ1v) is 11.0. The summed E-state index contributed by atoms with van der Waals surface area (Å²) < 4.78 is 1.64. The molecule has 1 aromatic carbocycles. The molecule has 25 heavy (non-hydrogen) atoms. The standard InChI is InChI=1S/C16H16ClN3O2S3/c1-23-15-18-19-16(25-15)24-12-4-2-3-9-20(14(12)22)13(21)10-5-7-11(17)8-6-10/h5-8,12H,2-4,9H2,1H3/t12-/m0/s1. The van der Waals surface area contributed by atoms with Gasteiger partial charge in [-0.1, -0.05) is 52.9 Å². The van der Waals surface area contributed by atoms with Crippen LogP contribution in [-0.4, -0.2) is 45.0 Å². The Morgan fingerprint density at radius 2 is 1.96 bits per heavy atom. The molecular formula is C16H16ClN3O2S3. The van der Waals surface area contributed by atoms with Gasteiger partial charge in [-0.25, -0.2) is 0 Å². The van der Waals surface area contributed by atoms with Gasteiger partial charge in [0, 0.05) is 17.1 Å². The van der Waals surface area contributed by atoms with E-state index < -0.39 is 0 Å². The lowest BCUT2D eigenvalue weighted by atomic mass is 10.2. The first-order chi connectivity index (χ1) is 12.1. The van der Waals surface area contributed by atoms with Gasteiger partial charge >= 0.3 is 0 Å². The Balaban J connectivity index is 1.76. The zero-order chi connectivity index (χ0) is 17.8. The molecule has 0 saturated carbocycles. The third-order valence-electron chi connectivity index (χ3n) is 3.78. The first-order valence-electron chi connectivity index (χ1n) is 7.74. The highest BCUT2D eigenvalue weighted by molar-refractivity contribution is 8.03. The molecule has 1 saturated heterocycles. The van der Waals surface area contributed by atoms with E-state index in [1.165, 1.54) is 39.8 Å². The predicted molar refractivity (Wildman–Crippen MR) is 103 cm³/mol. The van der Waals surface area contributed by atoms with Crippen molar-refractivity contribution in [2.24, 2.45) is 0 Å². The molecule has 0 spiro atoms. The van der Waals surface area contributed by atoms with Crippen molar-refractivity contribution in [1.82, 2.24) is 15.1 Å². The highest BCUT2D eigenvalue weighted by Crippen LogP contribution is 2.34. The van der Waals surface area contributed by atoms with Crippen molar-refractivity contribution in [3.05, 3.63) is 34.9 Å². The lowest BCUT2D eigenvalue weighted by Gasteiger charge is -2.22. The van der Waals surface area contributed by atoms with Gasteiger partial charge in [0.1, 0.15) is 0 Å². The van der Waals surface area contributed by atoms with E-state index in [-0.39, 0.29) is 17.1 Å². The van der Waals surface area contributed by atoms with Crippen LogP contribution >= 0.6 is 46.5 Å². The minimum absolute atomic E-state index is 0.150. The molecular weight excluding hydrogens is 398 g/mol. The number of imide groups is 1. The van der Waals surface area contributed by atoms with Crippen LogP contribution in [0.5, 0.6) is 0 Å². The number of thioether (sulfide) groups is 2. The number of halogens is 1. The van der Waals surface area contributed by atoms with E-state index in [1.54, 1.807) is 24.3 Å². The summed E-state index contributed by atoms with van der Waals surface area (Å²) in [5.41, 5.74) is 0.476. The molecule has 2 aromatic rings. The Morgan fingerprint density at radius 3 is 2.64 bits per heavy atom. The van der Waals surface area contributed by atoms with Crippen LogP contribution in [0, 0.1) is 0 Å². The second-order valence-electron chi connectivity index (χ2n) is 5.44. The van der Waals surface area contributed by atoms with Gasteiger partial charge in [0.05, 0.1) is 5.25 Å². The Labute approximate surface area is 163 Å². The Bertz CT molecular complexity index is 766. The lowest BCUT2D eigenvalue weighted by Crippen LogP contribution is -2.41. The quantitative estimate of drug-likeness (QED) is 0.552. The van der Waals surface area contributed by atoms with Gasteiger partial charge in [-0.05, 0) is 43.4 Å². The lowest BCUT2D eigenvalue weighted by molar-refractivity contribution is -0.127. The van der Waals surface area contributed by atoms with Gasteiger partial charge in [0.15, 0.2) is 8.68 Å². The normalized spacial score (nSPS) is 18.2. The van der Waals surface area contributed by atoms with E-state index in [0.29, 0.717) is 17.1 Å². The smallest absolute Gasteiger partial charge is 0.260 e. The molecule has 2 amide bonds. The van der Waals surface area contributed by atoms with Crippen molar-refractivity contribution in [1.29, 1.82) is 0 Å². The molecule has 1 atom stereocenters. The SMILES string of the molecule is CSc1nnc(S[C@H]2CCCCN(C(=O)c3ccc(Cl)cc3)C2=O)s1. The van der Waals surface area contributed by atoms with Crippen molar-refractivity contribution in [3.63, 3.8) is 0 Å². The first kappa shape index (κ1) is 18.7. The maximum atomic E-state index is 12.9. The number of nitrogens with zero attached hydrogens (tertiary/aromatic N) is 3. The Hall–Kier alpha value is -1.09. The highest BCUT2D eigenvalue weighted by atomic mass is 35.5. The van der Waals surface area contributed by atoms with Gasteiger partial charge < -0.3 is 0 Å². The third-order valence-corrected chi connectivity index (χ3v) is 7.27. The van der Waals surface area contributed by atoms with Crippen LogP contribution in [0.15, 0.2) is 32.9 Å². The van der Waals surface area contributed by atoms with Gasteiger partial charge in [-0.3, -0.25) is 14.5 Å². The van der Waals surface area contributed by atoms with E-state index >= 15 is 0 Å². The molecule has 3 rings (SSSR count). The van der Waals surface area contributed by atoms with Crippen molar-refractivity contribution in [2.75, 3.05) is 12.8 Å². The summed E-state index contributed by atoms with van der Waals surface area (Å²) >= 11 is 10.3. The molecule has 2 heterocycles. The fraction of sp³-hybridized carbons (Fsp3) is 0.375. The van der Waals surface area contributed by atoms with Gasteiger partial charge in [-0.15, -0.1) is 10.2 Å². The average molecular weight is 414 g/mol. The maximum Gasteiger partial charge on any atom is 0.260 e. The minimum Gasteiger partial charge on any atom is -0.278 e. The van der Waals surface area contributed by atoms with Crippen LogP contribution in [0.25, 0.3) is 0 Å². The maximum absolute atomic E-state index is 12.9. The topological polar surface area (TPSA) is 63.2 Å². The number of carbonyl (C=O) groups is 2. The minimum atomic E-state index is -0.304. The number of rotatable bonds is 4. The Kier molecular flexibility index (Phi) is 6.38. The second-order valence-corrected chi connectivity index (χ2v) is 9.36. The number of hydrogen-bond acceptors (Lipinski definition) is 7. The molecule has 0 radical (unpaired) electrons. The monoisotopic (exact) mass is 413 g/mol. The van der Waals surface area contributed by atoms with Crippen LogP contribution in [0.2, 0.25) is 5.02 Å². The number of carbonyl (C=O) groups excluding carboxylic acids is 2. The van der Waals surface area contributed by atoms with Crippen molar-refractivity contribution in [3.8, 4) is 0 Å². The van der Waals surface area contributed by atoms with Crippen LogP contribution in [0.4, 0.5) is 0 Å². The largest absolute Gasteiger partial charge is 0.278 e. The summed E-state index contributed by atoms with van der Waals surface area (Å²) in [6, 6.07) is 6.63. The second kappa shape index (κ2) is 8.53. The fourth-order valence-electron chi connectivity index (χ4n) is 2.52. The molecule has 0 aliphatic carbocycles. The number of likely N-dealkylation sites (tertiary alicyclic amines) is 1. The molecule has 132 valence electrons. The fourth-order valence-corrected chi connectivity index (χ4v) is 5.43. The molecule has 9 heteroatoms. The summed E-state index contributed by atoms with van der Waals surface area (Å²) in [5.74, 6) is -0.417. The number of aromatic nitrogens is 2. The highest BCUT2D eigenvalue weighted by Gasteiger charge is 2.32. The van der Waals surface area contributed by atoms with E-state index in [4.69, 9.17) is 11.6 Å². The number of hydrogen-bond donors (Lipinski definition) is 0. The van der Waals surface area contributed by atoms with Crippen LogP contribution in [0.1, 0.15) is 29.6 Å². The van der Waals surface area contributed by atoms with Gasteiger partial charge in [0.25, 0.3) is 5.91 Å². The van der Waals surface area contributed by atoms with Crippen molar-refractivity contribution >= 4 is 58.3 Å². The van der Waals surface area contributed by atoms with Crippen molar-refractivity contribution in [2.45, 2.75) is 33.2 Å². The summed E-state index contributed by atoms with van der Waals surface area (Å²) in [4.78, 5) is 27.0. The Morgan fingerprint density at radius 1 is 1.24 bits per heavy atom. The van der Waals surface area contributed by atoms with Crippen LogP contribution < -0.4 is 0 Å². The molecule has 1 aliphatic heterocycles. The van der Waals surface area contributed by atoms with Gasteiger partial charge in [-0.2, -0.15) is 0 Å². The van der Waals surface area contributed by atoms with E-state index in [2.05, 4.69) is 10.2 Å². The van der Waals surface area contributed by atoms with Crippen LogP contribution in [0.3, 0.4) is 0 Å². The van der Waals surface area contributed by atoms with E-state index in [1.807, 2.05) is 6.26 Å². The summed E-state index contributed by atoms with van der Waals surface area (Å²) in [6.45, 7) is 0.448. The zero-order valence-electron chi connectivity index (χ0n) is 13.5. The van der Waals surface area contributed by atoms with E-state index in [0.717, 1.165) is 27.9 Å². The third kappa shape index (κ3) is 4.55. The zero-order valence-corrected chi connectivity index (χ0v) is 16.7. The average Bonchev–Trinajstić information content (AvgIpc) is 3.00. The van der Waals surface area contributed by atoms with Gasteiger partial charge in [0.2, 0.25) is 5.91 Å². The molecule has 1 aromatic heterocycles. The molecule has 5 nitrogen and oxygen atoms in total. The number of benzene rings is 1. The molecule has 0 bridgehead atoms. The molecule has 0 unspecified atom stereocenters. The number of amides is 2. The molecule has 1 fully saturated rings. The van der Waals surface area contributed by atoms with E-state index in [9.17, 15) is 9.59 Å². The summed E-state index contributed by atoms with van der Waals surface area (Å²) in [5, 5.41) is 8.45. The van der Waals surface area contributed by atoms with Crippen LogP contribution in [-0.2, 0) is 4.79 Å².